The summed E-state index contributed by atoms with van der Waals surface area (Å²) in [6.45, 7) is -1.60. The standard InChI is InChI=1S/C21H22O7/c22-14-21(26,15-28-20(25)17-10-5-2-6-11-17)18(23)12-7-13-27-19(24)16-8-3-1-4-9-16/h1-12,18,22-23,26H,13-15H2. The molecule has 0 radical (unpaired) electrons. The van der Waals surface area contributed by atoms with Gasteiger partial charge >= 0.3 is 11.9 Å². The van der Waals surface area contributed by atoms with E-state index in [0.717, 1.165) is 6.08 Å². The van der Waals surface area contributed by atoms with E-state index in [0.29, 0.717) is 5.56 Å². The number of hydrogen-bond donors (Lipinski definition) is 3. The summed E-state index contributed by atoms with van der Waals surface area (Å²) in [5.41, 5.74) is -1.43. The Morgan fingerprint density at radius 3 is 1.93 bits per heavy atom. The molecular weight excluding hydrogens is 364 g/mol. The monoisotopic (exact) mass is 386 g/mol. The number of aliphatic hydroxyl groups is 3. The van der Waals surface area contributed by atoms with Gasteiger partial charge in [-0.25, -0.2) is 9.59 Å². The van der Waals surface area contributed by atoms with Crippen LogP contribution in [0.2, 0.25) is 0 Å². The summed E-state index contributed by atoms with van der Waals surface area (Å²) in [6.07, 6.45) is 0.937. The number of aliphatic hydroxyl groups excluding tert-OH is 2. The molecule has 0 bridgehead atoms. The summed E-state index contributed by atoms with van der Waals surface area (Å²) in [4.78, 5) is 23.7. The second kappa shape index (κ2) is 10.4. The second-order valence-electron chi connectivity index (χ2n) is 6.04. The summed E-state index contributed by atoms with van der Waals surface area (Å²) < 4.78 is 9.99. The van der Waals surface area contributed by atoms with Crippen LogP contribution in [-0.2, 0) is 9.47 Å². The Morgan fingerprint density at radius 1 is 0.929 bits per heavy atom. The molecule has 2 atom stereocenters. The largest absolute Gasteiger partial charge is 0.459 e. The highest BCUT2D eigenvalue weighted by Gasteiger charge is 2.35. The van der Waals surface area contributed by atoms with Gasteiger partial charge in [0.2, 0.25) is 0 Å². The van der Waals surface area contributed by atoms with Crippen LogP contribution in [0, 0.1) is 0 Å². The summed E-state index contributed by atoms with van der Waals surface area (Å²) in [6, 6.07) is 16.5. The number of carbonyl (C=O) groups is 2. The van der Waals surface area contributed by atoms with E-state index in [9.17, 15) is 24.9 Å². The first-order valence-corrected chi connectivity index (χ1v) is 8.58. The van der Waals surface area contributed by atoms with Crippen molar-refractivity contribution in [2.75, 3.05) is 19.8 Å². The van der Waals surface area contributed by atoms with Crippen LogP contribution in [0.25, 0.3) is 0 Å². The molecule has 28 heavy (non-hydrogen) atoms. The minimum atomic E-state index is -2.09. The fourth-order valence-corrected chi connectivity index (χ4v) is 2.22. The van der Waals surface area contributed by atoms with Crippen molar-refractivity contribution in [1.82, 2.24) is 0 Å². The zero-order valence-electron chi connectivity index (χ0n) is 15.1. The van der Waals surface area contributed by atoms with Gasteiger partial charge in [0.15, 0.2) is 5.60 Å². The molecule has 0 aliphatic rings. The molecular formula is C21H22O7. The Hall–Kier alpha value is -3.00. The van der Waals surface area contributed by atoms with E-state index in [2.05, 4.69) is 0 Å². The molecule has 2 aromatic carbocycles. The van der Waals surface area contributed by atoms with Gasteiger partial charge in [-0.05, 0) is 30.3 Å². The Balaban J connectivity index is 1.85. The van der Waals surface area contributed by atoms with Gasteiger partial charge in [-0.2, -0.15) is 0 Å². The van der Waals surface area contributed by atoms with E-state index in [-0.39, 0.29) is 12.2 Å². The number of esters is 2. The van der Waals surface area contributed by atoms with Crippen molar-refractivity contribution in [3.05, 3.63) is 83.9 Å². The van der Waals surface area contributed by atoms with E-state index in [1.54, 1.807) is 48.5 Å². The van der Waals surface area contributed by atoms with E-state index in [1.165, 1.54) is 18.2 Å². The third-order valence-electron chi connectivity index (χ3n) is 3.93. The molecule has 2 unspecified atom stereocenters. The van der Waals surface area contributed by atoms with Crippen LogP contribution < -0.4 is 0 Å². The predicted octanol–water partition coefficient (Wildman–Crippen LogP) is 1.34. The topological polar surface area (TPSA) is 113 Å². The number of benzene rings is 2. The second-order valence-corrected chi connectivity index (χ2v) is 6.04. The molecule has 0 heterocycles. The van der Waals surface area contributed by atoms with Crippen LogP contribution in [0.1, 0.15) is 20.7 Å². The highest BCUT2D eigenvalue weighted by Crippen LogP contribution is 2.14. The fourth-order valence-electron chi connectivity index (χ4n) is 2.22. The minimum absolute atomic E-state index is 0.143. The molecule has 0 fully saturated rings. The van der Waals surface area contributed by atoms with E-state index in [1.807, 2.05) is 0 Å². The fraction of sp³-hybridized carbons (Fsp3) is 0.238. The van der Waals surface area contributed by atoms with Gasteiger partial charge in [0.1, 0.15) is 19.3 Å². The Kier molecular flexibility index (Phi) is 7.88. The molecule has 7 nitrogen and oxygen atoms in total. The maximum Gasteiger partial charge on any atom is 0.338 e. The summed E-state index contributed by atoms with van der Waals surface area (Å²) in [7, 11) is 0. The number of carbonyl (C=O) groups excluding carboxylic acids is 2. The zero-order valence-corrected chi connectivity index (χ0v) is 15.1. The summed E-state index contributed by atoms with van der Waals surface area (Å²) in [5, 5.41) is 29.9. The van der Waals surface area contributed by atoms with Crippen molar-refractivity contribution in [2.45, 2.75) is 11.7 Å². The lowest BCUT2D eigenvalue weighted by atomic mass is 9.98. The van der Waals surface area contributed by atoms with Gasteiger partial charge in [-0.15, -0.1) is 0 Å². The Morgan fingerprint density at radius 2 is 1.43 bits per heavy atom. The first-order chi connectivity index (χ1) is 13.5. The number of ether oxygens (including phenoxy) is 2. The highest BCUT2D eigenvalue weighted by atomic mass is 16.5. The van der Waals surface area contributed by atoms with Crippen LogP contribution >= 0.6 is 0 Å². The zero-order chi connectivity index (χ0) is 20.4. The van der Waals surface area contributed by atoms with E-state index >= 15 is 0 Å². The molecule has 148 valence electrons. The molecule has 7 heteroatoms. The Bertz CT molecular complexity index is 789. The van der Waals surface area contributed by atoms with Gasteiger partial charge in [0.05, 0.1) is 17.7 Å². The maximum absolute atomic E-state index is 11.9. The first-order valence-electron chi connectivity index (χ1n) is 8.58. The minimum Gasteiger partial charge on any atom is -0.459 e. The van der Waals surface area contributed by atoms with Crippen LogP contribution in [0.15, 0.2) is 72.8 Å². The van der Waals surface area contributed by atoms with Gasteiger partial charge < -0.3 is 24.8 Å². The highest BCUT2D eigenvalue weighted by molar-refractivity contribution is 5.89. The molecule has 0 amide bonds. The van der Waals surface area contributed by atoms with Gasteiger partial charge in [0.25, 0.3) is 0 Å². The average molecular weight is 386 g/mol. The van der Waals surface area contributed by atoms with Crippen molar-refractivity contribution in [2.24, 2.45) is 0 Å². The van der Waals surface area contributed by atoms with Crippen molar-refractivity contribution in [1.29, 1.82) is 0 Å². The Labute approximate surface area is 162 Å². The molecule has 2 aromatic rings. The van der Waals surface area contributed by atoms with Crippen LogP contribution in [-0.4, -0.2) is 58.8 Å². The van der Waals surface area contributed by atoms with Crippen molar-refractivity contribution >= 4 is 11.9 Å². The maximum atomic E-state index is 11.9. The van der Waals surface area contributed by atoms with Crippen LogP contribution in [0.5, 0.6) is 0 Å². The number of rotatable bonds is 9. The lowest BCUT2D eigenvalue weighted by molar-refractivity contribution is -0.117. The third kappa shape index (κ3) is 6.02. The van der Waals surface area contributed by atoms with Crippen molar-refractivity contribution in [3.63, 3.8) is 0 Å². The molecule has 0 aliphatic heterocycles. The quantitative estimate of drug-likeness (QED) is 0.440. The predicted molar refractivity (Wildman–Crippen MR) is 101 cm³/mol. The summed E-state index contributed by atoms with van der Waals surface area (Å²) >= 11 is 0. The molecule has 0 aromatic heterocycles. The smallest absolute Gasteiger partial charge is 0.338 e. The van der Waals surface area contributed by atoms with Crippen molar-refractivity contribution < 1.29 is 34.4 Å². The van der Waals surface area contributed by atoms with Gasteiger partial charge in [-0.1, -0.05) is 42.5 Å². The molecule has 0 aliphatic carbocycles. The molecule has 0 saturated carbocycles. The third-order valence-corrected chi connectivity index (χ3v) is 3.93. The summed E-state index contributed by atoms with van der Waals surface area (Å²) in [5.74, 6) is -1.23. The van der Waals surface area contributed by atoms with Crippen molar-refractivity contribution in [3.8, 4) is 0 Å². The normalized spacial score (nSPS) is 14.2. The molecule has 2 rings (SSSR count). The number of hydrogen-bond acceptors (Lipinski definition) is 7. The molecule has 0 spiro atoms. The van der Waals surface area contributed by atoms with E-state index < -0.39 is 36.9 Å². The molecule has 3 N–H and O–H groups in total. The van der Waals surface area contributed by atoms with Gasteiger partial charge in [0, 0.05) is 0 Å². The van der Waals surface area contributed by atoms with Crippen LogP contribution in [0.4, 0.5) is 0 Å². The lowest BCUT2D eigenvalue weighted by Crippen LogP contribution is -2.49. The lowest BCUT2D eigenvalue weighted by Gasteiger charge is -2.28. The molecule has 0 saturated heterocycles. The van der Waals surface area contributed by atoms with Gasteiger partial charge in [-0.3, -0.25) is 0 Å². The first kappa shape index (κ1) is 21.3. The SMILES string of the molecule is O=C(OCC=CC(O)C(O)(CO)COC(=O)c1ccccc1)c1ccccc1. The van der Waals surface area contributed by atoms with E-state index in [4.69, 9.17) is 9.47 Å². The van der Waals surface area contributed by atoms with Crippen LogP contribution in [0.3, 0.4) is 0 Å². The average Bonchev–Trinajstić information content (AvgIpc) is 2.75.